The number of ether oxygens (including phenoxy) is 3. The van der Waals surface area contributed by atoms with Gasteiger partial charge in [0.2, 0.25) is 10.0 Å². The van der Waals surface area contributed by atoms with Gasteiger partial charge in [-0.1, -0.05) is 51.1 Å². The number of nitrogens with one attached hydrogen (secondary N) is 3. The Hall–Kier alpha value is -5.71. The third-order valence-electron chi connectivity index (χ3n) is 10.1. The summed E-state index contributed by atoms with van der Waals surface area (Å²) in [6.45, 7) is 7.60. The highest BCUT2D eigenvalue weighted by atomic mass is 32.2. The molecule has 0 atom stereocenters. The van der Waals surface area contributed by atoms with Crippen molar-refractivity contribution in [2.75, 3.05) is 67.0 Å². The topological polar surface area (TPSA) is 182 Å². The highest BCUT2D eigenvalue weighted by Crippen LogP contribution is 2.40. The fourth-order valence-corrected chi connectivity index (χ4v) is 8.82. The number of rotatable bonds is 15. The quantitative estimate of drug-likeness (QED) is 0.0880. The Labute approximate surface area is 351 Å². The van der Waals surface area contributed by atoms with Gasteiger partial charge in [0.05, 0.1) is 54.6 Å². The normalized spacial score (nSPS) is 14.3. The summed E-state index contributed by atoms with van der Waals surface area (Å²) in [5.41, 5.74) is 3.55. The largest absolute Gasteiger partial charge is 0.496 e. The maximum absolute atomic E-state index is 13.5. The third kappa shape index (κ3) is 11.3. The molecular weight excluding hydrogens is 807 g/mol. The van der Waals surface area contributed by atoms with Gasteiger partial charge in [0.1, 0.15) is 17.2 Å². The van der Waals surface area contributed by atoms with Crippen LogP contribution in [0.15, 0.2) is 85.1 Å². The van der Waals surface area contributed by atoms with Crippen molar-refractivity contribution in [1.82, 2.24) is 9.88 Å². The molecule has 0 unspecified atom stereocenters. The van der Waals surface area contributed by atoms with Gasteiger partial charge < -0.3 is 29.7 Å². The first kappa shape index (κ1) is 43.9. The molecule has 1 aromatic heterocycles. The number of amides is 2. The van der Waals surface area contributed by atoms with Crippen molar-refractivity contribution in [1.29, 1.82) is 0 Å². The number of fused-ring (bicyclic) bond motifs is 1. The molecule has 6 rings (SSSR count). The van der Waals surface area contributed by atoms with Gasteiger partial charge in [0.15, 0.2) is 21.4 Å². The molecule has 0 saturated carbocycles. The second kappa shape index (κ2) is 18.3. The molecule has 0 spiro atoms. The monoisotopic (exact) mass is 857 g/mol. The van der Waals surface area contributed by atoms with Crippen LogP contribution in [0.1, 0.15) is 60.8 Å². The zero-order valence-corrected chi connectivity index (χ0v) is 36.3. The summed E-state index contributed by atoms with van der Waals surface area (Å²) in [6, 6.07) is 23.0. The summed E-state index contributed by atoms with van der Waals surface area (Å²) < 4.78 is 67.9. The Kier molecular flexibility index (Phi) is 13.4. The first-order valence-electron chi connectivity index (χ1n) is 19.5. The molecule has 3 N–H and O–H groups in total. The van der Waals surface area contributed by atoms with E-state index in [2.05, 4.69) is 25.2 Å². The van der Waals surface area contributed by atoms with Crippen LogP contribution in [0.3, 0.4) is 0 Å². The zero-order chi connectivity index (χ0) is 43.2. The van der Waals surface area contributed by atoms with E-state index in [-0.39, 0.29) is 39.8 Å². The van der Waals surface area contributed by atoms with Gasteiger partial charge in [-0.2, -0.15) is 0 Å². The van der Waals surface area contributed by atoms with Gasteiger partial charge >= 0.3 is 6.03 Å². The first-order chi connectivity index (χ1) is 28.4. The number of anilines is 3. The van der Waals surface area contributed by atoms with E-state index in [1.165, 1.54) is 14.2 Å². The van der Waals surface area contributed by atoms with Crippen molar-refractivity contribution in [3.05, 3.63) is 107 Å². The van der Waals surface area contributed by atoms with E-state index in [0.29, 0.717) is 67.4 Å². The molecule has 16 heteroatoms. The van der Waals surface area contributed by atoms with Crippen LogP contribution in [0, 0.1) is 0 Å². The van der Waals surface area contributed by atoms with Crippen molar-refractivity contribution in [2.45, 2.75) is 45.4 Å². The standard InChI is InChI=1S/C44H51N5O9S2/c1-44(2,3)30-26-37(42(57-5)38(27-30)48-59(6,52)53)47-43(51)46-36-15-16-40(34-11-8-7-10-33(34)36)58-32-17-18-45-31(28-32)24-29-13-14-35(41(25-29)56-4)39(50)12-9-19-49-20-22-60(54,55)23-21-49/h7-8,10-11,13-18,25-28,48H,9,12,19-24H2,1-6H3,(H2,46,47,51). The number of aromatic nitrogens is 1. The number of methoxy groups -OCH3 is 2. The van der Waals surface area contributed by atoms with Crippen LogP contribution in [-0.4, -0.2) is 90.1 Å². The maximum Gasteiger partial charge on any atom is 0.323 e. The predicted octanol–water partition coefficient (Wildman–Crippen LogP) is 7.64. The molecule has 0 aliphatic carbocycles. The Morgan fingerprint density at radius 1 is 0.833 bits per heavy atom. The Bertz CT molecular complexity index is 2610. The summed E-state index contributed by atoms with van der Waals surface area (Å²) in [5.74, 6) is 2.05. The van der Waals surface area contributed by atoms with Crippen LogP contribution in [0.4, 0.5) is 21.9 Å². The number of urea groups is 1. The van der Waals surface area contributed by atoms with Gasteiger partial charge in [-0.15, -0.1) is 0 Å². The lowest BCUT2D eigenvalue weighted by molar-refractivity contribution is 0.0972. The minimum Gasteiger partial charge on any atom is -0.496 e. The van der Waals surface area contributed by atoms with E-state index < -0.39 is 25.9 Å². The van der Waals surface area contributed by atoms with E-state index in [0.717, 1.165) is 33.8 Å². The lowest BCUT2D eigenvalue weighted by Crippen LogP contribution is -2.40. The lowest BCUT2D eigenvalue weighted by atomic mass is 9.86. The Balaban J connectivity index is 1.13. The SMILES string of the molecule is COc1cc(Cc2cc(Oc3ccc(NC(=O)Nc4cc(C(C)(C)C)cc(NS(C)(=O)=O)c4OC)c4ccccc34)ccn2)ccc1C(=O)CCCN1CCS(=O)(=O)CC1. The molecule has 0 bridgehead atoms. The summed E-state index contributed by atoms with van der Waals surface area (Å²) in [4.78, 5) is 33.3. The number of pyridine rings is 1. The molecule has 5 aromatic rings. The molecule has 0 radical (unpaired) electrons. The van der Waals surface area contributed by atoms with Gasteiger partial charge in [-0.05, 0) is 72.0 Å². The van der Waals surface area contributed by atoms with E-state index in [1.54, 1.807) is 42.6 Å². The van der Waals surface area contributed by atoms with E-state index in [9.17, 15) is 26.4 Å². The molecule has 2 heterocycles. The highest BCUT2D eigenvalue weighted by Gasteiger charge is 2.24. The van der Waals surface area contributed by atoms with Crippen LogP contribution >= 0.6 is 0 Å². The smallest absolute Gasteiger partial charge is 0.323 e. The molecule has 318 valence electrons. The number of nitrogens with zero attached hydrogens (tertiary/aromatic N) is 2. The number of benzene rings is 4. The molecule has 60 heavy (non-hydrogen) atoms. The Morgan fingerprint density at radius 3 is 2.22 bits per heavy atom. The molecular formula is C44H51N5O9S2. The van der Waals surface area contributed by atoms with E-state index in [1.807, 2.05) is 63.2 Å². The summed E-state index contributed by atoms with van der Waals surface area (Å²) in [5, 5.41) is 7.23. The minimum atomic E-state index is -3.65. The highest BCUT2D eigenvalue weighted by molar-refractivity contribution is 7.92. The molecule has 14 nitrogen and oxygen atoms in total. The van der Waals surface area contributed by atoms with Crippen LogP contribution in [0.5, 0.6) is 23.0 Å². The molecule has 1 saturated heterocycles. The number of ketones is 1. The van der Waals surface area contributed by atoms with Crippen molar-refractivity contribution >= 4 is 59.5 Å². The van der Waals surface area contributed by atoms with E-state index in [4.69, 9.17) is 14.2 Å². The fourth-order valence-electron chi connectivity index (χ4n) is 7.00. The number of Topliss-reactive ketones (excluding diaryl/α,β-unsaturated/α-hetero) is 1. The number of sulfone groups is 1. The summed E-state index contributed by atoms with van der Waals surface area (Å²) >= 11 is 0. The number of carbonyl (C=O) groups excluding carboxylic acids is 2. The Morgan fingerprint density at radius 2 is 1.53 bits per heavy atom. The average Bonchev–Trinajstić information content (AvgIpc) is 3.18. The second-order valence-corrected chi connectivity index (χ2v) is 19.8. The number of carbonyl (C=O) groups is 2. The summed E-state index contributed by atoms with van der Waals surface area (Å²) in [7, 11) is -3.66. The molecule has 1 aliphatic rings. The fraction of sp³-hybridized carbons (Fsp3) is 0.341. The average molecular weight is 858 g/mol. The second-order valence-electron chi connectivity index (χ2n) is 15.8. The van der Waals surface area contributed by atoms with Gasteiger partial charge in [0.25, 0.3) is 0 Å². The zero-order valence-electron chi connectivity index (χ0n) is 34.6. The van der Waals surface area contributed by atoms with Gasteiger partial charge in [0, 0.05) is 54.7 Å². The predicted molar refractivity (Wildman–Crippen MR) is 236 cm³/mol. The molecule has 2 amide bonds. The van der Waals surface area contributed by atoms with Crippen molar-refractivity contribution in [3.63, 3.8) is 0 Å². The lowest BCUT2D eigenvalue weighted by Gasteiger charge is -2.26. The number of hydrogen-bond acceptors (Lipinski definition) is 11. The molecule has 1 aliphatic heterocycles. The van der Waals surface area contributed by atoms with Gasteiger partial charge in [-0.3, -0.25) is 14.5 Å². The molecule has 4 aromatic carbocycles. The molecule has 1 fully saturated rings. The number of hydrogen-bond donors (Lipinski definition) is 3. The first-order valence-corrected chi connectivity index (χ1v) is 23.2. The van der Waals surface area contributed by atoms with Crippen LogP contribution in [0.25, 0.3) is 10.8 Å². The van der Waals surface area contributed by atoms with Crippen molar-refractivity contribution in [2.24, 2.45) is 0 Å². The third-order valence-corrected chi connectivity index (χ3v) is 12.3. The van der Waals surface area contributed by atoms with Crippen LogP contribution in [0.2, 0.25) is 0 Å². The maximum atomic E-state index is 13.5. The minimum absolute atomic E-state index is 0.0326. The van der Waals surface area contributed by atoms with Gasteiger partial charge in [-0.25, -0.2) is 21.6 Å². The van der Waals surface area contributed by atoms with Crippen LogP contribution in [-0.2, 0) is 31.7 Å². The van der Waals surface area contributed by atoms with Crippen LogP contribution < -0.4 is 29.6 Å². The summed E-state index contributed by atoms with van der Waals surface area (Å²) in [6.07, 6.45) is 4.12. The number of sulfonamides is 1. The van der Waals surface area contributed by atoms with Crippen molar-refractivity contribution < 1.29 is 40.6 Å². The van der Waals surface area contributed by atoms with Crippen molar-refractivity contribution in [3.8, 4) is 23.0 Å². The van der Waals surface area contributed by atoms with E-state index >= 15 is 0 Å².